The molecular formula is C14H20Cl2O. The second-order valence-corrected chi connectivity index (χ2v) is 7.52. The summed E-state index contributed by atoms with van der Waals surface area (Å²) < 4.78 is -0.780. The zero-order chi connectivity index (χ0) is 12.1. The number of hydrogen-bond acceptors (Lipinski definition) is 1. The van der Waals surface area contributed by atoms with E-state index in [0.717, 1.165) is 51.4 Å². The van der Waals surface area contributed by atoms with Crippen molar-refractivity contribution < 1.29 is 4.79 Å². The first kappa shape index (κ1) is 12.3. The minimum Gasteiger partial charge on any atom is -0.298 e. The third-order valence-corrected chi connectivity index (χ3v) is 6.93. The number of alkyl halides is 2. The van der Waals surface area contributed by atoms with Gasteiger partial charge in [0.15, 0.2) is 5.78 Å². The zero-order valence-electron chi connectivity index (χ0n) is 10.2. The third-order valence-electron chi connectivity index (χ3n) is 5.49. The molecule has 3 fully saturated rings. The van der Waals surface area contributed by atoms with Gasteiger partial charge in [-0.3, -0.25) is 4.79 Å². The second kappa shape index (κ2) is 3.87. The van der Waals surface area contributed by atoms with Crippen molar-refractivity contribution in [1.82, 2.24) is 0 Å². The van der Waals surface area contributed by atoms with Gasteiger partial charge < -0.3 is 0 Å². The molecule has 0 bridgehead atoms. The predicted molar refractivity (Wildman–Crippen MR) is 70.5 cm³/mol. The fraction of sp³-hybridized carbons (Fsp3) is 0.929. The molecule has 3 saturated carbocycles. The van der Waals surface area contributed by atoms with Crippen LogP contribution in [-0.4, -0.2) is 10.1 Å². The van der Waals surface area contributed by atoms with Crippen LogP contribution in [-0.2, 0) is 4.79 Å². The predicted octanol–water partition coefficient (Wildman–Crippen LogP) is 4.64. The minimum absolute atomic E-state index is 0.383. The van der Waals surface area contributed by atoms with Crippen LogP contribution in [0.5, 0.6) is 0 Å². The zero-order valence-corrected chi connectivity index (χ0v) is 11.7. The lowest BCUT2D eigenvalue weighted by Crippen LogP contribution is -2.73. The molecule has 0 heterocycles. The number of carbonyl (C=O) groups excluding carboxylic acids is 1. The molecule has 0 amide bonds. The number of hydrogen-bond donors (Lipinski definition) is 0. The highest BCUT2D eigenvalue weighted by atomic mass is 35.5. The van der Waals surface area contributed by atoms with Gasteiger partial charge in [0.25, 0.3) is 0 Å². The molecule has 0 N–H and O–H groups in total. The molecule has 0 aromatic rings. The first-order chi connectivity index (χ1) is 8.07. The topological polar surface area (TPSA) is 17.1 Å². The average molecular weight is 275 g/mol. The molecule has 1 nitrogen and oxygen atoms in total. The van der Waals surface area contributed by atoms with Crippen molar-refractivity contribution in [3.63, 3.8) is 0 Å². The number of ketones is 1. The highest BCUT2D eigenvalue weighted by molar-refractivity contribution is 6.55. The van der Waals surface area contributed by atoms with Crippen molar-refractivity contribution in [2.75, 3.05) is 0 Å². The molecule has 3 aliphatic rings. The Morgan fingerprint density at radius 2 is 1.06 bits per heavy atom. The van der Waals surface area contributed by atoms with Crippen LogP contribution in [0.25, 0.3) is 0 Å². The molecule has 0 aromatic carbocycles. The van der Waals surface area contributed by atoms with Gasteiger partial charge in [-0.25, -0.2) is 0 Å². The number of Topliss-reactive ketones (excluding diaryl/α,β-unsaturated/α-hetero) is 1. The summed E-state index contributed by atoms with van der Waals surface area (Å²) in [7, 11) is 0. The van der Waals surface area contributed by atoms with Crippen molar-refractivity contribution >= 4 is 29.0 Å². The molecule has 0 aliphatic heterocycles. The maximum Gasteiger partial charge on any atom is 0.151 e. The van der Waals surface area contributed by atoms with Gasteiger partial charge >= 0.3 is 0 Å². The van der Waals surface area contributed by atoms with Crippen LogP contribution >= 0.6 is 23.2 Å². The Balaban J connectivity index is 1.93. The van der Waals surface area contributed by atoms with Crippen molar-refractivity contribution in [2.45, 2.75) is 68.5 Å². The normalized spacial score (nSPS) is 33.6. The van der Waals surface area contributed by atoms with E-state index in [1.807, 2.05) is 0 Å². The Bertz CT molecular complexity index is 306. The van der Waals surface area contributed by atoms with Gasteiger partial charge in [0.05, 0.1) is 10.8 Å². The molecule has 0 radical (unpaired) electrons. The van der Waals surface area contributed by atoms with Gasteiger partial charge in [0.1, 0.15) is 4.33 Å². The monoisotopic (exact) mass is 274 g/mol. The maximum absolute atomic E-state index is 12.8. The average Bonchev–Trinajstić information content (AvgIpc) is 2.39. The molecule has 3 rings (SSSR count). The molecule has 3 heteroatoms. The molecule has 96 valence electrons. The fourth-order valence-electron chi connectivity index (χ4n) is 4.53. The number of halogens is 2. The van der Waals surface area contributed by atoms with Crippen molar-refractivity contribution in [2.24, 2.45) is 10.8 Å². The van der Waals surface area contributed by atoms with Gasteiger partial charge in [-0.05, 0) is 25.7 Å². The Labute approximate surface area is 113 Å². The standard InChI is InChI=1S/C14H20Cl2O/c15-14(16)12(7-3-1-4-8-12)11(17)13(14)9-5-2-6-10-13/h1-10H2. The van der Waals surface area contributed by atoms with Crippen LogP contribution in [0, 0.1) is 10.8 Å². The highest BCUT2D eigenvalue weighted by Gasteiger charge is 2.78. The first-order valence-corrected chi connectivity index (χ1v) is 7.75. The lowest BCUT2D eigenvalue weighted by Gasteiger charge is -2.66. The van der Waals surface area contributed by atoms with Gasteiger partial charge in [-0.2, -0.15) is 0 Å². The summed E-state index contributed by atoms with van der Waals surface area (Å²) in [6.45, 7) is 0. The summed E-state index contributed by atoms with van der Waals surface area (Å²) in [6.07, 6.45) is 10.6. The van der Waals surface area contributed by atoms with E-state index in [-0.39, 0.29) is 10.8 Å². The van der Waals surface area contributed by atoms with Crippen LogP contribution in [0.4, 0.5) is 0 Å². The molecule has 2 spiro atoms. The first-order valence-electron chi connectivity index (χ1n) is 7.00. The van der Waals surface area contributed by atoms with E-state index >= 15 is 0 Å². The van der Waals surface area contributed by atoms with Crippen LogP contribution in [0.3, 0.4) is 0 Å². The lowest BCUT2D eigenvalue weighted by molar-refractivity contribution is -0.169. The van der Waals surface area contributed by atoms with E-state index in [2.05, 4.69) is 0 Å². The number of rotatable bonds is 0. The lowest BCUT2D eigenvalue weighted by atomic mass is 9.43. The summed E-state index contributed by atoms with van der Waals surface area (Å²) in [5, 5.41) is 0. The van der Waals surface area contributed by atoms with Gasteiger partial charge in [0, 0.05) is 0 Å². The Kier molecular flexibility index (Phi) is 2.80. The Morgan fingerprint density at radius 1 is 0.706 bits per heavy atom. The van der Waals surface area contributed by atoms with Gasteiger partial charge in [-0.15, -0.1) is 0 Å². The van der Waals surface area contributed by atoms with Crippen LogP contribution in [0.1, 0.15) is 64.2 Å². The van der Waals surface area contributed by atoms with E-state index in [4.69, 9.17) is 23.2 Å². The molecular weight excluding hydrogens is 255 g/mol. The van der Waals surface area contributed by atoms with Gasteiger partial charge in [-0.1, -0.05) is 61.7 Å². The minimum atomic E-state index is -0.780. The largest absolute Gasteiger partial charge is 0.298 e. The summed E-state index contributed by atoms with van der Waals surface area (Å²) >= 11 is 13.4. The van der Waals surface area contributed by atoms with E-state index in [0.29, 0.717) is 5.78 Å². The molecule has 0 saturated heterocycles. The van der Waals surface area contributed by atoms with Crippen molar-refractivity contribution in [3.05, 3.63) is 0 Å². The third kappa shape index (κ3) is 1.31. The summed E-state index contributed by atoms with van der Waals surface area (Å²) in [5.41, 5.74) is -0.766. The van der Waals surface area contributed by atoms with Crippen molar-refractivity contribution in [3.8, 4) is 0 Å². The van der Waals surface area contributed by atoms with Crippen LogP contribution in [0.15, 0.2) is 0 Å². The maximum atomic E-state index is 12.8. The Hall–Kier alpha value is 0.250. The van der Waals surface area contributed by atoms with Crippen LogP contribution in [0.2, 0.25) is 0 Å². The molecule has 0 atom stereocenters. The summed E-state index contributed by atoms with van der Waals surface area (Å²) in [5.74, 6) is 0.411. The quantitative estimate of drug-likeness (QED) is 0.588. The van der Waals surface area contributed by atoms with Crippen LogP contribution < -0.4 is 0 Å². The molecule has 3 aliphatic carbocycles. The summed E-state index contributed by atoms with van der Waals surface area (Å²) in [6, 6.07) is 0. The molecule has 0 aromatic heterocycles. The van der Waals surface area contributed by atoms with E-state index in [1.54, 1.807) is 0 Å². The van der Waals surface area contributed by atoms with Gasteiger partial charge in [0.2, 0.25) is 0 Å². The SMILES string of the molecule is O=C1C2(CCCCC2)C(Cl)(Cl)C12CCCCC2. The van der Waals surface area contributed by atoms with E-state index < -0.39 is 4.33 Å². The Morgan fingerprint density at radius 3 is 1.35 bits per heavy atom. The smallest absolute Gasteiger partial charge is 0.151 e. The molecule has 0 unspecified atom stereocenters. The van der Waals surface area contributed by atoms with E-state index in [9.17, 15) is 4.79 Å². The fourth-order valence-corrected chi connectivity index (χ4v) is 5.63. The number of carbonyl (C=O) groups is 1. The summed E-state index contributed by atoms with van der Waals surface area (Å²) in [4.78, 5) is 12.8. The van der Waals surface area contributed by atoms with Crippen molar-refractivity contribution in [1.29, 1.82) is 0 Å². The molecule has 17 heavy (non-hydrogen) atoms. The second-order valence-electron chi connectivity index (χ2n) is 6.19. The highest BCUT2D eigenvalue weighted by Crippen LogP contribution is 2.73. The van der Waals surface area contributed by atoms with E-state index in [1.165, 1.54) is 12.8 Å².